The van der Waals surface area contributed by atoms with Crippen LogP contribution in [0, 0.1) is 0 Å². The van der Waals surface area contributed by atoms with Crippen molar-refractivity contribution in [1.29, 1.82) is 0 Å². The van der Waals surface area contributed by atoms with Crippen LogP contribution in [0.25, 0.3) is 0 Å². The van der Waals surface area contributed by atoms with Crippen molar-refractivity contribution in [1.82, 2.24) is 4.90 Å². The summed E-state index contributed by atoms with van der Waals surface area (Å²) in [6.45, 7) is 5.91. The van der Waals surface area contributed by atoms with Gasteiger partial charge in [-0.15, -0.1) is 0 Å². The second-order valence-corrected chi connectivity index (χ2v) is 5.37. The van der Waals surface area contributed by atoms with E-state index in [1.165, 1.54) is 0 Å². The molecule has 1 aromatic carbocycles. The van der Waals surface area contributed by atoms with Gasteiger partial charge in [0, 0.05) is 37.8 Å². The molecule has 5 nitrogen and oxygen atoms in total. The van der Waals surface area contributed by atoms with Crippen LogP contribution in [-0.4, -0.2) is 43.2 Å². The number of carbonyl (C=O) groups is 1. The van der Waals surface area contributed by atoms with Crippen LogP contribution >= 0.6 is 0 Å². The minimum Gasteiger partial charge on any atom is -0.378 e. The SMILES string of the molecule is CCC1COCCN1CCC(=O)Nc1ccc(CN)cc1. The lowest BCUT2D eigenvalue weighted by atomic mass is 10.1. The topological polar surface area (TPSA) is 67.6 Å². The van der Waals surface area contributed by atoms with Gasteiger partial charge in [-0.05, 0) is 24.1 Å². The number of nitrogens with two attached hydrogens (primary N) is 1. The zero-order valence-corrected chi connectivity index (χ0v) is 12.7. The van der Waals surface area contributed by atoms with Gasteiger partial charge < -0.3 is 15.8 Å². The van der Waals surface area contributed by atoms with Gasteiger partial charge in [0.1, 0.15) is 0 Å². The highest BCUT2D eigenvalue weighted by molar-refractivity contribution is 5.90. The summed E-state index contributed by atoms with van der Waals surface area (Å²) in [6.07, 6.45) is 1.57. The number of rotatable bonds is 6. The normalized spacial score (nSPS) is 19.4. The second kappa shape index (κ2) is 8.12. The minimum absolute atomic E-state index is 0.0526. The predicted octanol–water partition coefficient (Wildman–Crippen LogP) is 1.58. The summed E-state index contributed by atoms with van der Waals surface area (Å²) in [4.78, 5) is 14.4. The first-order chi connectivity index (χ1) is 10.2. The van der Waals surface area contributed by atoms with E-state index in [4.69, 9.17) is 10.5 Å². The molecular weight excluding hydrogens is 266 g/mol. The van der Waals surface area contributed by atoms with Gasteiger partial charge in [-0.2, -0.15) is 0 Å². The highest BCUT2D eigenvalue weighted by Gasteiger charge is 2.21. The maximum Gasteiger partial charge on any atom is 0.225 e. The summed E-state index contributed by atoms with van der Waals surface area (Å²) in [5.41, 5.74) is 7.44. The molecule has 0 aromatic heterocycles. The van der Waals surface area contributed by atoms with Crippen LogP contribution in [0.4, 0.5) is 5.69 Å². The van der Waals surface area contributed by atoms with Crippen molar-refractivity contribution in [3.63, 3.8) is 0 Å². The molecule has 1 aliphatic rings. The Bertz CT molecular complexity index is 447. The summed E-state index contributed by atoms with van der Waals surface area (Å²) in [5.74, 6) is 0.0526. The fourth-order valence-electron chi connectivity index (χ4n) is 2.55. The van der Waals surface area contributed by atoms with E-state index in [-0.39, 0.29) is 5.91 Å². The maximum absolute atomic E-state index is 12.0. The highest BCUT2D eigenvalue weighted by atomic mass is 16.5. The number of carbonyl (C=O) groups excluding carboxylic acids is 1. The summed E-state index contributed by atoms with van der Waals surface area (Å²) >= 11 is 0. The standard InChI is InChI=1S/C16H25N3O2/c1-2-15-12-21-10-9-19(15)8-7-16(20)18-14-5-3-13(11-17)4-6-14/h3-6,15H,2,7-12,17H2,1H3,(H,18,20). The zero-order valence-electron chi connectivity index (χ0n) is 12.7. The molecule has 0 aliphatic carbocycles. The Morgan fingerprint density at radius 1 is 1.43 bits per heavy atom. The van der Waals surface area contributed by atoms with Crippen molar-refractivity contribution in [2.24, 2.45) is 5.73 Å². The zero-order chi connectivity index (χ0) is 15.1. The number of morpholine rings is 1. The van der Waals surface area contributed by atoms with E-state index in [2.05, 4.69) is 17.1 Å². The molecule has 5 heteroatoms. The molecule has 0 saturated carbocycles. The van der Waals surface area contributed by atoms with Gasteiger partial charge in [0.25, 0.3) is 0 Å². The van der Waals surface area contributed by atoms with Crippen LogP contribution in [0.3, 0.4) is 0 Å². The van der Waals surface area contributed by atoms with Gasteiger partial charge in [-0.1, -0.05) is 19.1 Å². The third-order valence-corrected chi connectivity index (χ3v) is 3.92. The van der Waals surface area contributed by atoms with Gasteiger partial charge in [0.05, 0.1) is 13.2 Å². The van der Waals surface area contributed by atoms with E-state index in [1.54, 1.807) is 0 Å². The maximum atomic E-state index is 12.0. The Morgan fingerprint density at radius 2 is 2.19 bits per heavy atom. The summed E-state index contributed by atoms with van der Waals surface area (Å²) in [7, 11) is 0. The van der Waals surface area contributed by atoms with E-state index >= 15 is 0 Å². The fraction of sp³-hybridized carbons (Fsp3) is 0.562. The number of nitrogens with one attached hydrogen (secondary N) is 1. The number of amides is 1. The molecule has 1 saturated heterocycles. The average molecular weight is 291 g/mol. The first-order valence-corrected chi connectivity index (χ1v) is 7.63. The minimum atomic E-state index is 0.0526. The largest absolute Gasteiger partial charge is 0.378 e. The molecule has 0 bridgehead atoms. The predicted molar refractivity (Wildman–Crippen MR) is 84.1 cm³/mol. The number of anilines is 1. The average Bonchev–Trinajstić information content (AvgIpc) is 2.54. The van der Waals surface area contributed by atoms with Gasteiger partial charge in [-0.25, -0.2) is 0 Å². The summed E-state index contributed by atoms with van der Waals surface area (Å²) in [6, 6.07) is 8.10. The number of nitrogens with zero attached hydrogens (tertiary/aromatic N) is 1. The van der Waals surface area contributed by atoms with Crippen molar-refractivity contribution >= 4 is 11.6 Å². The van der Waals surface area contributed by atoms with Crippen LogP contribution in [-0.2, 0) is 16.1 Å². The lowest BCUT2D eigenvalue weighted by molar-refractivity contribution is -0.117. The Labute approximate surface area is 126 Å². The molecule has 1 aromatic rings. The van der Waals surface area contributed by atoms with E-state index in [0.29, 0.717) is 19.0 Å². The molecule has 21 heavy (non-hydrogen) atoms. The number of benzene rings is 1. The van der Waals surface area contributed by atoms with Crippen LogP contribution in [0.5, 0.6) is 0 Å². The van der Waals surface area contributed by atoms with Gasteiger partial charge in [0.15, 0.2) is 0 Å². The number of hydrogen-bond donors (Lipinski definition) is 2. The lowest BCUT2D eigenvalue weighted by Crippen LogP contribution is -2.46. The molecule has 2 rings (SSSR count). The van der Waals surface area contributed by atoms with E-state index in [1.807, 2.05) is 24.3 Å². The summed E-state index contributed by atoms with van der Waals surface area (Å²) < 4.78 is 5.48. The third kappa shape index (κ3) is 4.81. The number of ether oxygens (including phenoxy) is 1. The quantitative estimate of drug-likeness (QED) is 0.835. The lowest BCUT2D eigenvalue weighted by Gasteiger charge is -2.34. The Hall–Kier alpha value is -1.43. The Kier molecular flexibility index (Phi) is 6.17. The Morgan fingerprint density at radius 3 is 2.86 bits per heavy atom. The van der Waals surface area contributed by atoms with Crippen LogP contribution in [0.1, 0.15) is 25.3 Å². The van der Waals surface area contributed by atoms with Crippen molar-refractivity contribution in [3.8, 4) is 0 Å². The van der Waals surface area contributed by atoms with Crippen LogP contribution in [0.2, 0.25) is 0 Å². The fourth-order valence-corrected chi connectivity index (χ4v) is 2.55. The molecule has 1 unspecified atom stereocenters. The Balaban J connectivity index is 1.78. The molecule has 3 N–H and O–H groups in total. The monoisotopic (exact) mass is 291 g/mol. The molecule has 0 spiro atoms. The third-order valence-electron chi connectivity index (χ3n) is 3.92. The van der Waals surface area contributed by atoms with Crippen molar-refractivity contribution < 1.29 is 9.53 Å². The van der Waals surface area contributed by atoms with Crippen LogP contribution in [0.15, 0.2) is 24.3 Å². The molecular formula is C16H25N3O2. The molecule has 1 aliphatic heterocycles. The van der Waals surface area contributed by atoms with Crippen LogP contribution < -0.4 is 11.1 Å². The second-order valence-electron chi connectivity index (χ2n) is 5.37. The van der Waals surface area contributed by atoms with E-state index in [9.17, 15) is 4.79 Å². The number of hydrogen-bond acceptors (Lipinski definition) is 4. The molecule has 1 fully saturated rings. The smallest absolute Gasteiger partial charge is 0.225 e. The van der Waals surface area contributed by atoms with Gasteiger partial charge in [0.2, 0.25) is 5.91 Å². The van der Waals surface area contributed by atoms with Crippen molar-refractivity contribution in [2.45, 2.75) is 32.4 Å². The van der Waals surface area contributed by atoms with E-state index in [0.717, 1.165) is 44.0 Å². The van der Waals surface area contributed by atoms with Crippen molar-refractivity contribution in [2.75, 3.05) is 31.6 Å². The molecule has 116 valence electrons. The van der Waals surface area contributed by atoms with Crippen molar-refractivity contribution in [3.05, 3.63) is 29.8 Å². The molecule has 1 heterocycles. The highest BCUT2D eigenvalue weighted by Crippen LogP contribution is 2.12. The van der Waals surface area contributed by atoms with Gasteiger partial charge in [-0.3, -0.25) is 9.69 Å². The molecule has 1 amide bonds. The van der Waals surface area contributed by atoms with E-state index < -0.39 is 0 Å². The van der Waals surface area contributed by atoms with Gasteiger partial charge >= 0.3 is 0 Å². The first-order valence-electron chi connectivity index (χ1n) is 7.63. The first kappa shape index (κ1) is 15.9. The summed E-state index contributed by atoms with van der Waals surface area (Å²) in [5, 5.41) is 2.93. The molecule has 0 radical (unpaired) electrons. The molecule has 1 atom stereocenters.